The maximum atomic E-state index is 13.6. The largest absolute Gasteiger partial charge is 0.451 e. The molecule has 0 N–H and O–H groups in total. The van der Waals surface area contributed by atoms with Crippen molar-refractivity contribution in [1.82, 2.24) is 0 Å². The number of hydrogen-bond donors (Lipinski definition) is 0. The van der Waals surface area contributed by atoms with Crippen molar-refractivity contribution in [3.63, 3.8) is 0 Å². The molecule has 0 aliphatic rings. The first-order valence-electron chi connectivity index (χ1n) is 11.0. The summed E-state index contributed by atoms with van der Waals surface area (Å²) in [6.45, 7) is 0. The van der Waals surface area contributed by atoms with Crippen LogP contribution in [-0.4, -0.2) is 90.7 Å². The molecule has 0 aromatic heterocycles. The minimum Gasteiger partial charge on any atom is -0.281 e. The van der Waals surface area contributed by atoms with Crippen LogP contribution in [0.3, 0.4) is 0 Å². The standard InChI is InChI=1S/C16H14F24O4Si2/c17-5(1-3-45-13(29,30)31)41-9(21,22)7(19)43-11(25,26)12(27,28)44-8(20)10(23,24)42-6(18)2-4-46(14(32,33)34,15(35,36)37)16(38,39)40/h5-8H,1-4,45H2. The van der Waals surface area contributed by atoms with E-state index < -0.39 is 116 Å². The Morgan fingerprint density at radius 2 is 0.761 bits per heavy atom. The highest BCUT2D eigenvalue weighted by atomic mass is 28.3. The van der Waals surface area contributed by atoms with Crippen molar-refractivity contribution in [1.29, 1.82) is 0 Å². The molecule has 0 rings (SSSR count). The van der Waals surface area contributed by atoms with Crippen LogP contribution in [0.5, 0.6) is 0 Å². The highest BCUT2D eigenvalue weighted by Crippen LogP contribution is 2.53. The summed E-state index contributed by atoms with van der Waals surface area (Å²) in [5.41, 5.74) is 0. The Morgan fingerprint density at radius 3 is 1.04 bits per heavy atom. The number of rotatable bonds is 17. The number of alkyl halides is 24. The summed E-state index contributed by atoms with van der Waals surface area (Å²) >= 11 is 0. The van der Waals surface area contributed by atoms with Crippen molar-refractivity contribution < 1.29 is 124 Å². The first kappa shape index (κ1) is 44.6. The normalized spacial score (nSPS) is 18.3. The summed E-state index contributed by atoms with van der Waals surface area (Å²) in [5, 5.41) is 0. The molecule has 4 unspecified atom stereocenters. The van der Waals surface area contributed by atoms with Gasteiger partial charge in [-0.3, -0.25) is 18.9 Å². The van der Waals surface area contributed by atoms with E-state index in [1.54, 1.807) is 0 Å². The van der Waals surface area contributed by atoms with Gasteiger partial charge in [0.15, 0.2) is 9.52 Å². The van der Waals surface area contributed by atoms with E-state index in [9.17, 15) is 105 Å². The van der Waals surface area contributed by atoms with Crippen LogP contribution in [0, 0.1) is 0 Å². The third-order valence-corrected chi connectivity index (χ3v) is 10.3. The van der Waals surface area contributed by atoms with Crippen LogP contribution >= 0.6 is 0 Å². The van der Waals surface area contributed by atoms with Crippen molar-refractivity contribution in [2.75, 3.05) is 0 Å². The van der Waals surface area contributed by atoms with Gasteiger partial charge in [0.2, 0.25) is 12.7 Å². The molecule has 0 bridgehead atoms. The zero-order valence-electron chi connectivity index (χ0n) is 21.0. The lowest BCUT2D eigenvalue weighted by atomic mass is 10.4. The predicted molar refractivity (Wildman–Crippen MR) is 101 cm³/mol. The van der Waals surface area contributed by atoms with Gasteiger partial charge >= 0.3 is 55.7 Å². The van der Waals surface area contributed by atoms with Crippen LogP contribution in [0.1, 0.15) is 12.8 Å². The van der Waals surface area contributed by atoms with Crippen molar-refractivity contribution >= 4 is 17.6 Å². The lowest BCUT2D eigenvalue weighted by Gasteiger charge is -2.36. The second kappa shape index (κ2) is 14.6. The average molecular weight is 782 g/mol. The minimum atomic E-state index is -8.78. The second-order valence-electron chi connectivity index (χ2n) is 8.53. The van der Waals surface area contributed by atoms with Crippen LogP contribution in [0.15, 0.2) is 0 Å². The van der Waals surface area contributed by atoms with Gasteiger partial charge in [-0.2, -0.15) is 87.8 Å². The van der Waals surface area contributed by atoms with Gasteiger partial charge in [0, 0.05) is 12.8 Å². The molecule has 0 saturated carbocycles. The summed E-state index contributed by atoms with van der Waals surface area (Å²) in [6, 6.07) is -4.62. The maximum Gasteiger partial charge on any atom is 0.451 e. The maximum absolute atomic E-state index is 13.6. The lowest BCUT2D eigenvalue weighted by molar-refractivity contribution is -0.502. The molecule has 278 valence electrons. The molecule has 46 heavy (non-hydrogen) atoms. The third-order valence-electron chi connectivity index (χ3n) is 5.03. The van der Waals surface area contributed by atoms with E-state index in [1.807, 2.05) is 0 Å². The van der Waals surface area contributed by atoms with E-state index in [4.69, 9.17) is 0 Å². The van der Waals surface area contributed by atoms with E-state index in [-0.39, 0.29) is 0 Å². The lowest BCUT2D eigenvalue weighted by Crippen LogP contribution is -2.71. The Morgan fingerprint density at radius 1 is 0.457 bits per heavy atom. The fraction of sp³-hybridized carbons (Fsp3) is 1.00. The summed E-state index contributed by atoms with van der Waals surface area (Å²) in [4.78, 5) is 0. The third kappa shape index (κ3) is 11.6. The van der Waals surface area contributed by atoms with E-state index in [1.165, 1.54) is 0 Å². The van der Waals surface area contributed by atoms with Crippen LogP contribution in [0.2, 0.25) is 12.1 Å². The minimum absolute atomic E-state index is 1.20. The van der Waals surface area contributed by atoms with Gasteiger partial charge < -0.3 is 0 Å². The van der Waals surface area contributed by atoms with Crippen molar-refractivity contribution in [2.24, 2.45) is 0 Å². The quantitative estimate of drug-likeness (QED) is 0.110. The van der Waals surface area contributed by atoms with Gasteiger partial charge in [-0.1, -0.05) is 0 Å². The summed E-state index contributed by atoms with van der Waals surface area (Å²) in [7, 11) is -11.9. The monoisotopic (exact) mass is 782 g/mol. The molecule has 0 radical (unpaired) electrons. The zero-order valence-corrected chi connectivity index (χ0v) is 23.5. The van der Waals surface area contributed by atoms with Gasteiger partial charge in [-0.05, 0) is 12.1 Å². The molecule has 0 fully saturated rings. The molecule has 0 aliphatic heterocycles. The Balaban J connectivity index is 5.60. The number of halogens is 24. The van der Waals surface area contributed by atoms with Crippen molar-refractivity contribution in [2.45, 2.75) is 98.0 Å². The zero-order chi connectivity index (χ0) is 37.2. The highest BCUT2D eigenvalue weighted by Gasteiger charge is 2.86. The molecule has 4 nitrogen and oxygen atoms in total. The summed E-state index contributed by atoms with van der Waals surface area (Å²) < 4.78 is 322. The van der Waals surface area contributed by atoms with Gasteiger partial charge in [-0.15, -0.1) is 0 Å². The smallest absolute Gasteiger partial charge is 0.281 e. The fourth-order valence-electron chi connectivity index (χ4n) is 2.80. The van der Waals surface area contributed by atoms with E-state index in [0.717, 1.165) is 0 Å². The molecule has 4 atom stereocenters. The van der Waals surface area contributed by atoms with Crippen molar-refractivity contribution in [3.8, 4) is 0 Å². The molecular weight excluding hydrogens is 768 g/mol. The molecule has 0 aliphatic carbocycles. The average Bonchev–Trinajstić information content (AvgIpc) is 2.74. The Hall–Kier alpha value is -1.41. The van der Waals surface area contributed by atoms with Gasteiger partial charge in [0.05, 0.1) is 0 Å². The molecular formula is C16H14F24O4Si2. The molecule has 0 heterocycles. The van der Waals surface area contributed by atoms with Crippen LogP contribution in [-0.2, 0) is 18.9 Å². The van der Waals surface area contributed by atoms with Crippen LogP contribution in [0.4, 0.5) is 105 Å². The van der Waals surface area contributed by atoms with Gasteiger partial charge in [0.1, 0.15) is 0 Å². The predicted octanol–water partition coefficient (Wildman–Crippen LogP) is 8.25. The van der Waals surface area contributed by atoms with Gasteiger partial charge in [0.25, 0.3) is 12.7 Å². The molecule has 0 aromatic carbocycles. The SMILES string of the molecule is FC(CC[SiH2]C(F)(F)F)OC(F)(F)C(F)OC(F)(F)C(F)(F)OC(F)C(F)(F)OC(F)CC[Si](C(F)(F)F)(C(F)(F)F)C(F)(F)F. The molecule has 0 amide bonds. The first-order valence-corrected chi connectivity index (χ1v) is 14.9. The number of ether oxygens (including phenoxy) is 4. The topological polar surface area (TPSA) is 36.9 Å². The summed E-state index contributed by atoms with van der Waals surface area (Å²) in [6.07, 6.45) is -50.3. The number of hydrogen-bond acceptors (Lipinski definition) is 4. The Bertz CT molecular complexity index is 912. The van der Waals surface area contributed by atoms with E-state index >= 15 is 0 Å². The molecule has 0 spiro atoms. The first-order chi connectivity index (χ1) is 20.0. The van der Waals surface area contributed by atoms with E-state index in [2.05, 4.69) is 18.9 Å². The van der Waals surface area contributed by atoms with Crippen molar-refractivity contribution in [3.05, 3.63) is 0 Å². The van der Waals surface area contributed by atoms with Crippen LogP contribution < -0.4 is 0 Å². The van der Waals surface area contributed by atoms with Crippen LogP contribution in [0.25, 0.3) is 0 Å². The molecule has 0 saturated heterocycles. The highest BCUT2D eigenvalue weighted by molar-refractivity contribution is 6.85. The van der Waals surface area contributed by atoms with Gasteiger partial charge in [-0.25, -0.2) is 17.6 Å². The summed E-state index contributed by atoms with van der Waals surface area (Å²) in [5.74, 6) is -26.5. The Labute approximate surface area is 241 Å². The fourth-order valence-corrected chi connectivity index (χ4v) is 6.20. The second-order valence-corrected chi connectivity index (χ2v) is 14.5. The van der Waals surface area contributed by atoms with E-state index in [0.29, 0.717) is 0 Å². The molecule has 30 heteroatoms. The Kier molecular flexibility index (Phi) is 14.2. The molecule has 0 aromatic rings.